The van der Waals surface area contributed by atoms with E-state index in [2.05, 4.69) is 0 Å². The number of carbonyl (C=O) groups is 2. The maximum atomic E-state index is 14.2. The molecule has 2 fully saturated rings. The van der Waals surface area contributed by atoms with Crippen molar-refractivity contribution < 1.29 is 27.5 Å². The smallest absolute Gasteiger partial charge is 0.337 e. The molecule has 10 heteroatoms. The number of hydrogen-bond donors (Lipinski definition) is 1. The molecular formula is C18H22ClFN2O5S. The van der Waals surface area contributed by atoms with Gasteiger partial charge in [0.15, 0.2) is 0 Å². The zero-order valence-corrected chi connectivity index (χ0v) is 16.8. The van der Waals surface area contributed by atoms with Crippen molar-refractivity contribution in [1.29, 1.82) is 0 Å². The van der Waals surface area contributed by atoms with Crippen LogP contribution in [0.1, 0.15) is 42.5 Å². The van der Waals surface area contributed by atoms with E-state index in [0.29, 0.717) is 6.07 Å². The van der Waals surface area contributed by atoms with Crippen LogP contribution in [0.5, 0.6) is 0 Å². The van der Waals surface area contributed by atoms with Crippen molar-refractivity contribution in [1.82, 2.24) is 9.21 Å². The normalized spacial score (nSPS) is 19.6. The summed E-state index contributed by atoms with van der Waals surface area (Å²) in [5.41, 5.74) is -0.479. The summed E-state index contributed by atoms with van der Waals surface area (Å²) in [6, 6.07) is 1.44. The van der Waals surface area contributed by atoms with E-state index in [-0.39, 0.29) is 43.0 Å². The van der Waals surface area contributed by atoms with Gasteiger partial charge < -0.3 is 10.0 Å². The number of benzene rings is 1. The lowest BCUT2D eigenvalue weighted by Crippen LogP contribution is -2.52. The number of hydrogen-bond acceptors (Lipinski definition) is 4. The van der Waals surface area contributed by atoms with E-state index in [4.69, 9.17) is 16.7 Å². The molecule has 1 aliphatic carbocycles. The highest BCUT2D eigenvalue weighted by atomic mass is 35.5. The van der Waals surface area contributed by atoms with Gasteiger partial charge in [-0.3, -0.25) is 4.79 Å². The lowest BCUT2D eigenvalue weighted by atomic mass is 9.88. The average molecular weight is 433 g/mol. The lowest BCUT2D eigenvalue weighted by Gasteiger charge is -2.36. The molecular weight excluding hydrogens is 411 g/mol. The zero-order valence-electron chi connectivity index (χ0n) is 15.2. The molecule has 0 atom stereocenters. The summed E-state index contributed by atoms with van der Waals surface area (Å²) < 4.78 is 41.0. The van der Waals surface area contributed by atoms with Gasteiger partial charge in [0.2, 0.25) is 15.9 Å². The van der Waals surface area contributed by atoms with Crippen molar-refractivity contribution in [2.75, 3.05) is 26.2 Å². The van der Waals surface area contributed by atoms with Crippen LogP contribution in [0.3, 0.4) is 0 Å². The second-order valence-electron chi connectivity index (χ2n) is 7.13. The number of rotatable bonds is 4. The number of nitrogens with zero attached hydrogens (tertiary/aromatic N) is 2. The maximum absolute atomic E-state index is 14.2. The Morgan fingerprint density at radius 2 is 1.68 bits per heavy atom. The third-order valence-electron chi connectivity index (χ3n) is 5.37. The standard InChI is InChI=1S/C18H22ClFN2O5S/c19-14-11-15(20)16(10-13(14)18(24)25)28(26,27)22-8-6-21(7-9-22)17(23)12-4-2-1-3-5-12/h10-12H,1-9H2,(H,24,25). The second kappa shape index (κ2) is 8.34. The molecule has 1 aliphatic heterocycles. The Balaban J connectivity index is 1.74. The molecule has 1 saturated heterocycles. The molecule has 1 N–H and O–H groups in total. The highest BCUT2D eigenvalue weighted by molar-refractivity contribution is 7.89. The number of halogens is 2. The molecule has 1 heterocycles. The summed E-state index contributed by atoms with van der Waals surface area (Å²) in [6.45, 7) is 0.529. The van der Waals surface area contributed by atoms with Crippen molar-refractivity contribution in [2.24, 2.45) is 5.92 Å². The van der Waals surface area contributed by atoms with E-state index >= 15 is 0 Å². The Bertz CT molecular complexity index is 878. The van der Waals surface area contributed by atoms with E-state index in [9.17, 15) is 22.4 Å². The molecule has 0 aromatic heterocycles. The summed E-state index contributed by atoms with van der Waals surface area (Å²) >= 11 is 5.69. The third-order valence-corrected chi connectivity index (χ3v) is 7.60. The molecule has 7 nitrogen and oxygen atoms in total. The predicted octanol–water partition coefficient (Wildman–Crippen LogP) is 2.59. The quantitative estimate of drug-likeness (QED) is 0.789. The van der Waals surface area contributed by atoms with Crippen LogP contribution in [-0.2, 0) is 14.8 Å². The number of carboxylic acids is 1. The minimum Gasteiger partial charge on any atom is -0.478 e. The van der Waals surface area contributed by atoms with Crippen molar-refractivity contribution >= 4 is 33.5 Å². The maximum Gasteiger partial charge on any atom is 0.337 e. The number of carboxylic acid groups (broad SMARTS) is 1. The summed E-state index contributed by atoms with van der Waals surface area (Å²) in [7, 11) is -4.24. The first-order valence-corrected chi connectivity index (χ1v) is 11.0. The highest BCUT2D eigenvalue weighted by Gasteiger charge is 2.34. The molecule has 28 heavy (non-hydrogen) atoms. The van der Waals surface area contributed by atoms with Gasteiger partial charge in [-0.1, -0.05) is 30.9 Å². The molecule has 1 aromatic rings. The number of sulfonamides is 1. The van der Waals surface area contributed by atoms with Crippen LogP contribution in [0.4, 0.5) is 4.39 Å². The lowest BCUT2D eigenvalue weighted by molar-refractivity contribution is -0.137. The Morgan fingerprint density at radius 1 is 1.07 bits per heavy atom. The molecule has 0 radical (unpaired) electrons. The number of amides is 1. The van der Waals surface area contributed by atoms with E-state index in [1.54, 1.807) is 4.90 Å². The van der Waals surface area contributed by atoms with Gasteiger partial charge in [0.05, 0.1) is 10.6 Å². The predicted molar refractivity (Wildman–Crippen MR) is 100 cm³/mol. The molecule has 2 aliphatic rings. The Labute approximate surface area is 168 Å². The molecule has 0 unspecified atom stereocenters. The van der Waals surface area contributed by atoms with Crippen molar-refractivity contribution in [3.05, 3.63) is 28.5 Å². The van der Waals surface area contributed by atoms with Gasteiger partial charge in [-0.05, 0) is 25.0 Å². The van der Waals surface area contributed by atoms with E-state index in [1.165, 1.54) is 0 Å². The monoisotopic (exact) mass is 432 g/mol. The van der Waals surface area contributed by atoms with E-state index < -0.39 is 32.3 Å². The molecule has 1 aromatic carbocycles. The third kappa shape index (κ3) is 4.16. The van der Waals surface area contributed by atoms with E-state index in [1.807, 2.05) is 0 Å². The van der Waals surface area contributed by atoms with Gasteiger partial charge in [-0.25, -0.2) is 17.6 Å². The fourth-order valence-electron chi connectivity index (χ4n) is 3.79. The molecule has 3 rings (SSSR count). The van der Waals surface area contributed by atoms with Crippen molar-refractivity contribution in [3.8, 4) is 0 Å². The van der Waals surface area contributed by atoms with Gasteiger partial charge in [0, 0.05) is 32.1 Å². The van der Waals surface area contributed by atoms with Crippen molar-refractivity contribution in [2.45, 2.75) is 37.0 Å². The van der Waals surface area contributed by atoms with Crippen LogP contribution < -0.4 is 0 Å². The van der Waals surface area contributed by atoms with Crippen LogP contribution in [0.25, 0.3) is 0 Å². The number of piperazine rings is 1. The molecule has 1 saturated carbocycles. The van der Waals surface area contributed by atoms with Crippen molar-refractivity contribution in [3.63, 3.8) is 0 Å². The van der Waals surface area contributed by atoms with Crippen LogP contribution >= 0.6 is 11.6 Å². The number of aromatic carboxylic acids is 1. The summed E-state index contributed by atoms with van der Waals surface area (Å²) in [4.78, 5) is 24.8. The Kier molecular flexibility index (Phi) is 6.26. The Hall–Kier alpha value is -1.71. The van der Waals surface area contributed by atoms with E-state index in [0.717, 1.165) is 42.5 Å². The molecule has 0 spiro atoms. The van der Waals surface area contributed by atoms with Gasteiger partial charge >= 0.3 is 5.97 Å². The van der Waals surface area contributed by atoms with Crippen LogP contribution in [-0.4, -0.2) is 60.8 Å². The van der Waals surface area contributed by atoms with Crippen LogP contribution in [0.2, 0.25) is 5.02 Å². The van der Waals surface area contributed by atoms with Gasteiger partial charge in [-0.15, -0.1) is 0 Å². The largest absolute Gasteiger partial charge is 0.478 e. The molecule has 1 amide bonds. The SMILES string of the molecule is O=C(O)c1cc(S(=O)(=O)N2CCN(C(=O)C3CCCCC3)CC2)c(F)cc1Cl. The van der Waals surface area contributed by atoms with Crippen LogP contribution in [0, 0.1) is 11.7 Å². The summed E-state index contributed by atoms with van der Waals surface area (Å²) in [5, 5.41) is 8.75. The first-order valence-electron chi connectivity index (χ1n) is 9.23. The Morgan fingerprint density at radius 3 is 2.25 bits per heavy atom. The zero-order chi connectivity index (χ0) is 20.5. The summed E-state index contributed by atoms with van der Waals surface area (Å²) in [5.74, 6) is -2.48. The molecule has 0 bridgehead atoms. The fourth-order valence-corrected chi connectivity index (χ4v) is 5.51. The summed E-state index contributed by atoms with van der Waals surface area (Å²) in [6.07, 6.45) is 4.94. The van der Waals surface area contributed by atoms with Gasteiger partial charge in [-0.2, -0.15) is 4.31 Å². The first-order chi connectivity index (χ1) is 13.2. The minimum atomic E-state index is -4.24. The highest BCUT2D eigenvalue weighted by Crippen LogP contribution is 2.29. The molecule has 154 valence electrons. The van der Waals surface area contributed by atoms with Gasteiger partial charge in [0.25, 0.3) is 0 Å². The minimum absolute atomic E-state index is 0.00346. The second-order valence-corrected chi connectivity index (χ2v) is 9.45. The number of carbonyl (C=O) groups excluding carboxylic acids is 1. The fraction of sp³-hybridized carbons (Fsp3) is 0.556. The topological polar surface area (TPSA) is 95.0 Å². The van der Waals surface area contributed by atoms with Crippen LogP contribution in [0.15, 0.2) is 17.0 Å². The van der Waals surface area contributed by atoms with Gasteiger partial charge in [0.1, 0.15) is 10.7 Å². The average Bonchev–Trinajstić information content (AvgIpc) is 2.67. The first kappa shape index (κ1) is 21.0.